The van der Waals surface area contributed by atoms with E-state index in [4.69, 9.17) is 5.26 Å². The van der Waals surface area contributed by atoms with E-state index in [0.717, 1.165) is 169 Å². The summed E-state index contributed by atoms with van der Waals surface area (Å²) >= 11 is 0. The molecule has 0 unspecified atom stereocenters. The minimum Gasteiger partial charge on any atom is -0.306 e. The molecule has 21 rings (SSSR count). The Morgan fingerprint density at radius 1 is 0.192 bits per heavy atom. The van der Waals surface area contributed by atoms with Gasteiger partial charge in [0.15, 0.2) is 0 Å². The molecule has 3 aromatic heterocycles. The monoisotopic (exact) mass is 1540 g/mol. The molecule has 0 spiro atoms. The highest BCUT2D eigenvalue weighted by molar-refractivity contribution is 6.05. The van der Waals surface area contributed by atoms with Crippen LogP contribution >= 0.6 is 0 Å². The van der Waals surface area contributed by atoms with Crippen molar-refractivity contribution in [1.82, 2.24) is 15.0 Å². The molecule has 3 aliphatic rings. The molecule has 0 saturated heterocycles. The van der Waals surface area contributed by atoms with E-state index in [9.17, 15) is 10.5 Å². The lowest BCUT2D eigenvalue weighted by Crippen LogP contribution is -2.23. The molecule has 0 atom stereocenters. The molecule has 15 aromatic carbocycles. The van der Waals surface area contributed by atoms with E-state index in [-0.39, 0.29) is 0 Å². The zero-order valence-electron chi connectivity index (χ0n) is 64.9. The Kier molecular flexibility index (Phi) is 20.0. The van der Waals surface area contributed by atoms with Crippen LogP contribution in [0.1, 0.15) is 17.0 Å². The molecule has 0 saturated carbocycles. The number of pyridine rings is 3. The molecule has 12 nitrogen and oxygen atoms in total. The molecule has 0 aliphatic carbocycles. The van der Waals surface area contributed by atoms with Crippen molar-refractivity contribution in [1.29, 1.82) is 15.8 Å². The first-order valence-electron chi connectivity index (χ1n) is 39.6. The van der Waals surface area contributed by atoms with Gasteiger partial charge in [0, 0.05) is 75.6 Å². The highest BCUT2D eigenvalue weighted by atomic mass is 15.3. The minimum atomic E-state index is 0.421. The second-order valence-electron chi connectivity index (χ2n) is 29.0. The fourth-order valence-electron chi connectivity index (χ4n) is 16.3. The van der Waals surface area contributed by atoms with Crippen LogP contribution in [0.2, 0.25) is 0 Å². The van der Waals surface area contributed by atoms with Crippen molar-refractivity contribution in [3.05, 3.63) is 454 Å². The summed E-state index contributed by atoms with van der Waals surface area (Å²) in [6.45, 7) is 0. The summed E-state index contributed by atoms with van der Waals surface area (Å²) < 4.78 is 0. The van der Waals surface area contributed by atoms with Crippen LogP contribution in [0.15, 0.2) is 437 Å². The average molecular weight is 1540 g/mol. The first-order valence-corrected chi connectivity index (χ1v) is 39.6. The van der Waals surface area contributed by atoms with Crippen LogP contribution in [0.25, 0.3) is 66.8 Å². The summed E-state index contributed by atoms with van der Waals surface area (Å²) in [5.41, 5.74) is 34.3. The Hall–Kier alpha value is -17.0. The van der Waals surface area contributed by atoms with Gasteiger partial charge < -0.3 is 29.4 Å². The van der Waals surface area contributed by atoms with E-state index in [1.807, 2.05) is 24.3 Å². The smallest absolute Gasteiger partial charge is 0.148 e. The van der Waals surface area contributed by atoms with Crippen molar-refractivity contribution in [3.8, 4) is 85.0 Å². The quantitative estimate of drug-likeness (QED) is 0.115. The lowest BCUT2D eigenvalue weighted by molar-refractivity contribution is 1.17. The first-order chi connectivity index (χ1) is 59.4. The van der Waals surface area contributed by atoms with Gasteiger partial charge in [0.1, 0.15) is 29.6 Å². The molecule has 18 aromatic rings. The standard InChI is InChI=1S/3C36H24N4/c37-25-32-31(14-9-23-38-32)27-21-19-26(20-22-27)28-10-8-13-30(24-28)40-35-17-6-4-15-33(35)39(29-11-2-1-3-12-29)34-16-5-7-18-36(34)40;37-23-26-21-30(25-38-24-26)28-19-17-27(18-20-28)29-9-8-12-32(22-29)40-35-15-6-4-13-33(35)39(31-10-2-1-3-11-31)34-14-5-7-16-36(34)40;37-24-30-22-21-29(25-38-30)27-19-17-26(18-20-27)28-9-8-12-32(23-28)40-35-15-6-4-13-33(35)39(31-10-2-1-3-11-31)34-14-5-7-16-36(34)40/h1-24H;1-22,24-25H;1-23,25H. The maximum Gasteiger partial charge on any atom is 0.148 e. The van der Waals surface area contributed by atoms with Gasteiger partial charge >= 0.3 is 0 Å². The average Bonchev–Trinajstić information content (AvgIpc) is 0.744. The highest BCUT2D eigenvalue weighted by Gasteiger charge is 2.34. The van der Waals surface area contributed by atoms with E-state index >= 15 is 0 Å². The summed E-state index contributed by atoms with van der Waals surface area (Å²) in [4.78, 5) is 26.7. The Bertz CT molecular complexity index is 6780. The second-order valence-corrected chi connectivity index (χ2v) is 29.0. The Morgan fingerprint density at radius 3 is 0.792 bits per heavy atom. The number of fused-ring (bicyclic) bond motifs is 6. The molecule has 6 heterocycles. The lowest BCUT2D eigenvalue weighted by atomic mass is 9.98. The second kappa shape index (κ2) is 32.9. The topological polar surface area (TPSA) is 129 Å². The number of para-hydroxylation sites is 15. The van der Waals surface area contributed by atoms with E-state index < -0.39 is 0 Å². The Morgan fingerprint density at radius 2 is 0.483 bits per heavy atom. The molecule has 12 heteroatoms. The maximum absolute atomic E-state index is 9.47. The fraction of sp³-hybridized carbons (Fsp3) is 0. The summed E-state index contributed by atoms with van der Waals surface area (Å²) in [6, 6.07) is 150. The number of nitrogens with zero attached hydrogens (tertiary/aromatic N) is 12. The van der Waals surface area contributed by atoms with Crippen molar-refractivity contribution in [2.24, 2.45) is 0 Å². The zero-order valence-corrected chi connectivity index (χ0v) is 64.9. The highest BCUT2D eigenvalue weighted by Crippen LogP contribution is 2.58. The summed E-state index contributed by atoms with van der Waals surface area (Å²) in [6.07, 6.45) is 6.77. The molecular formula is C108H72N12. The van der Waals surface area contributed by atoms with Gasteiger partial charge in [-0.15, -0.1) is 0 Å². The molecule has 564 valence electrons. The fourth-order valence-corrected chi connectivity index (χ4v) is 16.3. The van der Waals surface area contributed by atoms with E-state index in [1.165, 1.54) is 0 Å². The van der Waals surface area contributed by atoms with Crippen molar-refractivity contribution in [2.45, 2.75) is 0 Å². The molecule has 0 radical (unpaired) electrons. The van der Waals surface area contributed by atoms with Crippen LogP contribution < -0.4 is 29.4 Å². The number of aromatic nitrogens is 3. The first kappa shape index (κ1) is 73.2. The van der Waals surface area contributed by atoms with E-state index in [2.05, 4.69) is 445 Å². The molecule has 0 bridgehead atoms. The number of benzene rings is 15. The van der Waals surface area contributed by atoms with Crippen molar-refractivity contribution >= 4 is 102 Å². The van der Waals surface area contributed by atoms with Gasteiger partial charge in [-0.3, -0.25) is 4.98 Å². The van der Waals surface area contributed by atoms with Gasteiger partial charge in [-0.2, -0.15) is 15.8 Å². The third-order valence-corrected chi connectivity index (χ3v) is 21.8. The van der Waals surface area contributed by atoms with Crippen LogP contribution in [0.5, 0.6) is 0 Å². The number of hydrogen-bond donors (Lipinski definition) is 0. The Labute approximate surface area is 697 Å². The van der Waals surface area contributed by atoms with Crippen molar-refractivity contribution < 1.29 is 0 Å². The maximum atomic E-state index is 9.47. The summed E-state index contributed by atoms with van der Waals surface area (Å²) in [5, 5.41) is 27.7. The largest absolute Gasteiger partial charge is 0.306 e. The minimum absolute atomic E-state index is 0.421. The van der Waals surface area contributed by atoms with Gasteiger partial charge in [-0.25, -0.2) is 9.97 Å². The number of anilines is 18. The zero-order chi connectivity index (χ0) is 80.7. The summed E-state index contributed by atoms with van der Waals surface area (Å²) in [5.74, 6) is 0. The van der Waals surface area contributed by atoms with E-state index in [1.54, 1.807) is 30.9 Å². The third-order valence-electron chi connectivity index (χ3n) is 21.8. The van der Waals surface area contributed by atoms with Crippen LogP contribution in [0.3, 0.4) is 0 Å². The normalized spacial score (nSPS) is 11.9. The van der Waals surface area contributed by atoms with Gasteiger partial charge in [0.25, 0.3) is 0 Å². The lowest BCUT2D eigenvalue weighted by Gasteiger charge is -2.40. The number of hydrogen-bond acceptors (Lipinski definition) is 12. The van der Waals surface area contributed by atoms with E-state index in [0.29, 0.717) is 17.0 Å². The van der Waals surface area contributed by atoms with Gasteiger partial charge in [0.05, 0.1) is 73.8 Å². The number of nitriles is 3. The van der Waals surface area contributed by atoms with Crippen LogP contribution in [0, 0.1) is 34.0 Å². The SMILES string of the molecule is N#Cc1ccc(-c2ccc(-c3cccc(N4c5ccccc5N(c5ccccc5)c5ccccc54)c3)cc2)cn1.N#Cc1cncc(-c2ccc(-c3cccc(N4c5ccccc5N(c5ccccc5)c5ccccc54)c3)cc2)c1.N#Cc1ncccc1-c1ccc(-c2cccc(N3c4ccccc4N(c4ccccc4)c4ccccc43)c2)cc1. The number of rotatable bonds is 12. The molecule has 3 aliphatic heterocycles. The van der Waals surface area contributed by atoms with Crippen LogP contribution in [-0.4, -0.2) is 15.0 Å². The van der Waals surface area contributed by atoms with Gasteiger partial charge in [-0.1, -0.05) is 237 Å². The third kappa shape index (κ3) is 14.3. The molecule has 0 N–H and O–H groups in total. The molecule has 0 fully saturated rings. The predicted octanol–water partition coefficient (Wildman–Crippen LogP) is 28.6. The van der Waals surface area contributed by atoms with Crippen LogP contribution in [0.4, 0.5) is 102 Å². The van der Waals surface area contributed by atoms with Crippen molar-refractivity contribution in [3.63, 3.8) is 0 Å². The van der Waals surface area contributed by atoms with Gasteiger partial charge in [0.2, 0.25) is 0 Å². The summed E-state index contributed by atoms with van der Waals surface area (Å²) in [7, 11) is 0. The Balaban J connectivity index is 0.000000119. The van der Waals surface area contributed by atoms with Crippen molar-refractivity contribution in [2.75, 3.05) is 29.4 Å². The molecule has 120 heavy (non-hydrogen) atoms. The molecular weight excluding hydrogens is 1470 g/mol. The van der Waals surface area contributed by atoms with Crippen LogP contribution in [-0.2, 0) is 0 Å². The molecule has 0 amide bonds. The van der Waals surface area contributed by atoms with Gasteiger partial charge in [-0.05, 0) is 226 Å². The predicted molar refractivity (Wildman–Crippen MR) is 488 cm³/mol.